The number of thioether (sulfide) groups is 1. The lowest BCUT2D eigenvalue weighted by Crippen LogP contribution is -2.29. The van der Waals surface area contributed by atoms with Gasteiger partial charge in [0.25, 0.3) is 5.91 Å². The first-order valence-electron chi connectivity index (χ1n) is 12.5. The Hall–Kier alpha value is -3.48. The first-order chi connectivity index (χ1) is 18.0. The summed E-state index contributed by atoms with van der Waals surface area (Å²) in [7, 11) is 0. The monoisotopic (exact) mass is 524 g/mol. The molecule has 1 heterocycles. The number of nitrogens with one attached hydrogen (secondary N) is 1. The molecule has 0 saturated carbocycles. The van der Waals surface area contributed by atoms with Gasteiger partial charge in [0.05, 0.1) is 4.91 Å². The minimum absolute atomic E-state index is 0.0187. The van der Waals surface area contributed by atoms with E-state index in [1.807, 2.05) is 61.5 Å². The molecular formula is C31H28N2O2S2. The van der Waals surface area contributed by atoms with Crippen molar-refractivity contribution >= 4 is 73.4 Å². The number of benzene rings is 4. The molecule has 6 heteroatoms. The van der Waals surface area contributed by atoms with Gasteiger partial charge in [0, 0.05) is 18.7 Å². The highest BCUT2D eigenvalue weighted by Gasteiger charge is 2.31. The molecule has 4 nitrogen and oxygen atoms in total. The number of carbonyl (C=O) groups excluding carboxylic acids is 2. The van der Waals surface area contributed by atoms with Crippen LogP contribution in [0.5, 0.6) is 0 Å². The van der Waals surface area contributed by atoms with Crippen LogP contribution in [0.25, 0.3) is 27.6 Å². The van der Waals surface area contributed by atoms with Crippen LogP contribution in [0.1, 0.15) is 36.8 Å². The number of amides is 2. The number of thiocarbonyl (C=S) groups is 1. The van der Waals surface area contributed by atoms with Crippen molar-refractivity contribution in [3.05, 3.63) is 94.9 Å². The van der Waals surface area contributed by atoms with Crippen LogP contribution >= 0.6 is 24.0 Å². The number of nitrogens with zero attached hydrogens (tertiary/aromatic N) is 1. The molecule has 4 aromatic rings. The second-order valence-electron chi connectivity index (χ2n) is 9.24. The van der Waals surface area contributed by atoms with Gasteiger partial charge in [-0.2, -0.15) is 0 Å². The topological polar surface area (TPSA) is 49.4 Å². The highest BCUT2D eigenvalue weighted by Crippen LogP contribution is 2.36. The van der Waals surface area contributed by atoms with E-state index in [0.717, 1.165) is 57.6 Å². The number of para-hydroxylation sites is 1. The molecule has 2 amide bonds. The van der Waals surface area contributed by atoms with E-state index in [4.69, 9.17) is 12.2 Å². The standard InChI is InChI=1S/C31H28N2O2S2/c1-21-11-4-9-16-27(21)32-29(34)17-3-2-10-18-33-30(35)28(37-31(33)36)20-26-24-14-7-5-12-22(24)19-23-13-6-8-15-25(23)26/h4-9,11-16,19-20H,2-3,10,17-18H2,1H3,(H,32,34)/b28-20-. The quantitative estimate of drug-likeness (QED) is 0.111. The maximum absolute atomic E-state index is 13.3. The van der Waals surface area contributed by atoms with Crippen LogP contribution in [0.15, 0.2) is 83.8 Å². The lowest BCUT2D eigenvalue weighted by Gasteiger charge is -2.14. The number of unbranched alkanes of at least 4 members (excludes halogenated alkanes) is 2. The number of fused-ring (bicyclic) bond motifs is 2. The van der Waals surface area contributed by atoms with Gasteiger partial charge in [-0.3, -0.25) is 14.5 Å². The molecule has 0 spiro atoms. The molecule has 1 N–H and O–H groups in total. The Labute approximate surface area is 226 Å². The first-order valence-corrected chi connectivity index (χ1v) is 13.7. The summed E-state index contributed by atoms with van der Waals surface area (Å²) in [5.74, 6) is -0.0190. The summed E-state index contributed by atoms with van der Waals surface area (Å²) in [6.45, 7) is 2.55. The Bertz CT molecular complexity index is 1490. The molecule has 1 aliphatic rings. The van der Waals surface area contributed by atoms with Gasteiger partial charge in [-0.1, -0.05) is 97.1 Å². The van der Waals surface area contributed by atoms with Crippen LogP contribution in [0, 0.1) is 6.92 Å². The molecule has 1 saturated heterocycles. The predicted molar refractivity (Wildman–Crippen MR) is 160 cm³/mol. The zero-order chi connectivity index (χ0) is 25.8. The van der Waals surface area contributed by atoms with Crippen LogP contribution in [0.3, 0.4) is 0 Å². The second kappa shape index (κ2) is 11.3. The van der Waals surface area contributed by atoms with E-state index in [9.17, 15) is 9.59 Å². The third-order valence-corrected chi connectivity index (χ3v) is 8.04. The summed E-state index contributed by atoms with van der Waals surface area (Å²) in [6.07, 6.45) is 4.88. The van der Waals surface area contributed by atoms with Crippen molar-refractivity contribution in [3.8, 4) is 0 Å². The summed E-state index contributed by atoms with van der Waals surface area (Å²) in [6, 6.07) is 26.5. The Morgan fingerprint density at radius 3 is 2.27 bits per heavy atom. The molecule has 1 aliphatic heterocycles. The van der Waals surface area contributed by atoms with Gasteiger partial charge in [0.15, 0.2) is 0 Å². The van der Waals surface area contributed by atoms with Gasteiger partial charge in [-0.05, 0) is 70.6 Å². The fourth-order valence-corrected chi connectivity index (χ4v) is 5.98. The van der Waals surface area contributed by atoms with Crippen LogP contribution < -0.4 is 5.32 Å². The molecular weight excluding hydrogens is 496 g/mol. The normalized spacial score (nSPS) is 14.7. The number of aryl methyl sites for hydroxylation is 1. The lowest BCUT2D eigenvalue weighted by molar-refractivity contribution is -0.122. The van der Waals surface area contributed by atoms with Gasteiger partial charge < -0.3 is 5.32 Å². The minimum atomic E-state index is -0.0377. The minimum Gasteiger partial charge on any atom is -0.326 e. The van der Waals surface area contributed by atoms with Crippen molar-refractivity contribution in [3.63, 3.8) is 0 Å². The predicted octanol–water partition coefficient (Wildman–Crippen LogP) is 7.70. The molecule has 1 fully saturated rings. The van der Waals surface area contributed by atoms with E-state index >= 15 is 0 Å². The summed E-state index contributed by atoms with van der Waals surface area (Å²) < 4.78 is 0.595. The molecule has 0 unspecified atom stereocenters. The Kier molecular flexibility index (Phi) is 7.68. The van der Waals surface area contributed by atoms with Gasteiger partial charge in [0.2, 0.25) is 5.91 Å². The Balaban J connectivity index is 1.22. The average Bonchev–Trinajstić information content (AvgIpc) is 3.17. The van der Waals surface area contributed by atoms with E-state index in [1.165, 1.54) is 11.8 Å². The number of carbonyl (C=O) groups is 2. The Morgan fingerprint density at radius 1 is 0.919 bits per heavy atom. The molecule has 0 aromatic heterocycles. The van der Waals surface area contributed by atoms with E-state index in [0.29, 0.717) is 22.2 Å². The summed E-state index contributed by atoms with van der Waals surface area (Å²) in [4.78, 5) is 27.9. The summed E-state index contributed by atoms with van der Waals surface area (Å²) in [5.41, 5.74) is 2.96. The number of hydrogen-bond donors (Lipinski definition) is 1. The van der Waals surface area contributed by atoms with E-state index in [-0.39, 0.29) is 11.8 Å². The maximum Gasteiger partial charge on any atom is 0.266 e. The molecule has 5 rings (SSSR count). The zero-order valence-electron chi connectivity index (χ0n) is 20.7. The van der Waals surface area contributed by atoms with Crippen molar-refractivity contribution < 1.29 is 9.59 Å². The largest absolute Gasteiger partial charge is 0.326 e. The highest BCUT2D eigenvalue weighted by atomic mass is 32.2. The maximum atomic E-state index is 13.3. The molecule has 0 radical (unpaired) electrons. The van der Waals surface area contributed by atoms with Crippen LogP contribution in [-0.4, -0.2) is 27.6 Å². The smallest absolute Gasteiger partial charge is 0.266 e. The van der Waals surface area contributed by atoms with E-state index < -0.39 is 0 Å². The van der Waals surface area contributed by atoms with Crippen molar-refractivity contribution in [2.24, 2.45) is 0 Å². The van der Waals surface area contributed by atoms with Gasteiger partial charge >= 0.3 is 0 Å². The third kappa shape index (κ3) is 5.60. The number of rotatable bonds is 8. The van der Waals surface area contributed by atoms with Crippen LogP contribution in [-0.2, 0) is 9.59 Å². The summed E-state index contributed by atoms with van der Waals surface area (Å²) in [5, 5.41) is 7.51. The van der Waals surface area contributed by atoms with Crippen molar-refractivity contribution in [2.75, 3.05) is 11.9 Å². The van der Waals surface area contributed by atoms with Crippen LogP contribution in [0.4, 0.5) is 5.69 Å². The fraction of sp³-hybridized carbons (Fsp3) is 0.194. The van der Waals surface area contributed by atoms with Gasteiger partial charge in [-0.25, -0.2) is 0 Å². The number of anilines is 1. The van der Waals surface area contributed by atoms with Crippen molar-refractivity contribution in [2.45, 2.75) is 32.6 Å². The molecule has 186 valence electrons. The molecule has 0 atom stereocenters. The van der Waals surface area contributed by atoms with E-state index in [1.54, 1.807) is 4.90 Å². The third-order valence-electron chi connectivity index (χ3n) is 6.67. The van der Waals surface area contributed by atoms with Crippen LogP contribution in [0.2, 0.25) is 0 Å². The van der Waals surface area contributed by atoms with Gasteiger partial charge in [0.1, 0.15) is 4.32 Å². The van der Waals surface area contributed by atoms with Crippen molar-refractivity contribution in [1.82, 2.24) is 4.90 Å². The molecule has 4 aromatic carbocycles. The van der Waals surface area contributed by atoms with Crippen molar-refractivity contribution in [1.29, 1.82) is 0 Å². The highest BCUT2D eigenvalue weighted by molar-refractivity contribution is 8.26. The first kappa shape index (κ1) is 25.2. The van der Waals surface area contributed by atoms with Gasteiger partial charge in [-0.15, -0.1) is 0 Å². The lowest BCUT2D eigenvalue weighted by atomic mass is 9.96. The fourth-order valence-electron chi connectivity index (χ4n) is 4.69. The molecule has 0 bridgehead atoms. The number of hydrogen-bond acceptors (Lipinski definition) is 4. The second-order valence-corrected chi connectivity index (χ2v) is 10.9. The zero-order valence-corrected chi connectivity index (χ0v) is 22.3. The summed E-state index contributed by atoms with van der Waals surface area (Å²) >= 11 is 6.94. The molecule has 0 aliphatic carbocycles. The SMILES string of the molecule is Cc1ccccc1NC(=O)CCCCCN1C(=O)/C(=C/c2c3ccccc3cc3ccccc23)SC1=S. The average molecular weight is 525 g/mol. The Morgan fingerprint density at radius 2 is 1.57 bits per heavy atom. The van der Waals surface area contributed by atoms with E-state index in [2.05, 4.69) is 35.6 Å². The molecule has 37 heavy (non-hydrogen) atoms.